The van der Waals surface area contributed by atoms with Crippen LogP contribution in [0.15, 0.2) is 86.8 Å². The summed E-state index contributed by atoms with van der Waals surface area (Å²) in [7, 11) is -2.37. The lowest BCUT2D eigenvalue weighted by molar-refractivity contribution is -0.132. The van der Waals surface area contributed by atoms with Crippen LogP contribution >= 0.6 is 15.9 Å². The van der Waals surface area contributed by atoms with E-state index in [1.54, 1.807) is 35.4 Å². The van der Waals surface area contributed by atoms with E-state index < -0.39 is 10.0 Å². The molecule has 29 heavy (non-hydrogen) atoms. The van der Waals surface area contributed by atoms with Gasteiger partial charge < -0.3 is 9.32 Å². The van der Waals surface area contributed by atoms with E-state index >= 15 is 0 Å². The summed E-state index contributed by atoms with van der Waals surface area (Å²) in [5.41, 5.74) is 0.950. The first-order valence-electron chi connectivity index (χ1n) is 8.92. The average Bonchev–Trinajstić information content (AvgIpc) is 3.21. The zero-order valence-corrected chi connectivity index (χ0v) is 18.3. The monoisotopic (exact) mass is 476 g/mol. The summed E-state index contributed by atoms with van der Waals surface area (Å²) in [5.74, 6) is 0.321. The molecule has 0 fully saturated rings. The van der Waals surface area contributed by atoms with Gasteiger partial charge in [0.25, 0.3) is 0 Å². The number of carbonyl (C=O) groups excluding carboxylic acids is 1. The Labute approximate surface area is 178 Å². The molecule has 0 spiro atoms. The molecule has 0 atom stereocenters. The Bertz CT molecular complexity index is 1040. The molecule has 0 radical (unpaired) electrons. The van der Waals surface area contributed by atoms with Crippen molar-refractivity contribution < 1.29 is 17.6 Å². The largest absolute Gasteiger partial charge is 0.467 e. The maximum absolute atomic E-state index is 13.0. The normalized spacial score (nSPS) is 11.6. The Morgan fingerprint density at radius 1 is 0.966 bits per heavy atom. The molecule has 0 N–H and O–H groups in total. The summed E-state index contributed by atoms with van der Waals surface area (Å²) in [6.07, 6.45) is 1.55. The average molecular weight is 477 g/mol. The lowest BCUT2D eigenvalue weighted by Gasteiger charge is -2.25. The predicted octanol–water partition coefficient (Wildman–Crippen LogP) is 3.89. The predicted molar refractivity (Wildman–Crippen MR) is 113 cm³/mol. The highest BCUT2D eigenvalue weighted by atomic mass is 79.9. The van der Waals surface area contributed by atoms with E-state index in [1.807, 2.05) is 30.3 Å². The van der Waals surface area contributed by atoms with Crippen LogP contribution in [0.4, 0.5) is 0 Å². The van der Waals surface area contributed by atoms with E-state index in [4.69, 9.17) is 4.42 Å². The van der Waals surface area contributed by atoms with Crippen molar-refractivity contribution >= 4 is 31.9 Å². The standard InChI is InChI=1S/C21H21BrN2O4S/c1-23(29(26,27)20-11-9-18(22)10-12-20)16-21(25)24(15-19-8-5-13-28-19)14-17-6-3-2-4-7-17/h2-13H,14-16H2,1H3. The van der Waals surface area contributed by atoms with Crippen LogP contribution in [0.2, 0.25) is 0 Å². The minimum atomic E-state index is -3.78. The van der Waals surface area contributed by atoms with Gasteiger partial charge in [-0.3, -0.25) is 4.79 Å². The topological polar surface area (TPSA) is 70.8 Å². The van der Waals surface area contributed by atoms with Gasteiger partial charge in [0.05, 0.1) is 24.2 Å². The summed E-state index contributed by atoms with van der Waals surface area (Å²) in [4.78, 5) is 14.7. The lowest BCUT2D eigenvalue weighted by atomic mass is 10.2. The molecule has 1 heterocycles. The number of sulfonamides is 1. The number of furan rings is 1. The van der Waals surface area contributed by atoms with Gasteiger partial charge in [0.15, 0.2) is 0 Å². The third-order valence-corrected chi connectivity index (χ3v) is 6.72. The van der Waals surface area contributed by atoms with Crippen LogP contribution in [0.5, 0.6) is 0 Å². The Morgan fingerprint density at radius 3 is 2.28 bits per heavy atom. The number of likely N-dealkylation sites (N-methyl/N-ethyl adjacent to an activating group) is 1. The van der Waals surface area contributed by atoms with Gasteiger partial charge in [-0.2, -0.15) is 4.31 Å². The second-order valence-electron chi connectivity index (χ2n) is 6.53. The fraction of sp³-hybridized carbons (Fsp3) is 0.190. The van der Waals surface area contributed by atoms with Crippen LogP contribution in [-0.4, -0.2) is 37.1 Å². The molecule has 0 bridgehead atoms. The van der Waals surface area contributed by atoms with Crippen LogP contribution in [0, 0.1) is 0 Å². The van der Waals surface area contributed by atoms with Gasteiger partial charge in [0.2, 0.25) is 15.9 Å². The van der Waals surface area contributed by atoms with Crippen molar-refractivity contribution in [2.45, 2.75) is 18.0 Å². The van der Waals surface area contributed by atoms with Crippen molar-refractivity contribution in [3.8, 4) is 0 Å². The first-order valence-corrected chi connectivity index (χ1v) is 11.2. The van der Waals surface area contributed by atoms with Gasteiger partial charge >= 0.3 is 0 Å². The summed E-state index contributed by atoms with van der Waals surface area (Å²) >= 11 is 3.29. The number of hydrogen-bond donors (Lipinski definition) is 0. The first kappa shape index (κ1) is 21.3. The number of hydrogen-bond acceptors (Lipinski definition) is 4. The van der Waals surface area contributed by atoms with E-state index in [-0.39, 0.29) is 23.9 Å². The summed E-state index contributed by atoms with van der Waals surface area (Å²) < 4.78 is 32.8. The molecule has 3 rings (SSSR count). The van der Waals surface area contributed by atoms with Crippen LogP contribution in [0.25, 0.3) is 0 Å². The highest BCUT2D eigenvalue weighted by Crippen LogP contribution is 2.18. The molecule has 2 aromatic carbocycles. The van der Waals surface area contributed by atoms with E-state index in [0.29, 0.717) is 12.3 Å². The number of benzene rings is 2. The maximum Gasteiger partial charge on any atom is 0.243 e. The third kappa shape index (κ3) is 5.56. The van der Waals surface area contributed by atoms with Gasteiger partial charge in [0.1, 0.15) is 5.76 Å². The quantitative estimate of drug-likeness (QED) is 0.494. The molecule has 0 saturated carbocycles. The molecule has 1 aromatic heterocycles. The van der Waals surface area contributed by atoms with E-state index in [1.165, 1.54) is 19.2 Å². The van der Waals surface area contributed by atoms with Crippen molar-refractivity contribution in [1.82, 2.24) is 9.21 Å². The van der Waals surface area contributed by atoms with Gasteiger partial charge in [-0.25, -0.2) is 8.42 Å². The second-order valence-corrected chi connectivity index (χ2v) is 9.49. The highest BCUT2D eigenvalue weighted by molar-refractivity contribution is 9.10. The van der Waals surface area contributed by atoms with Gasteiger partial charge in [-0.05, 0) is 42.0 Å². The molecule has 3 aromatic rings. The molecule has 1 amide bonds. The molecule has 6 nitrogen and oxygen atoms in total. The zero-order chi connectivity index (χ0) is 20.9. The molecule has 0 unspecified atom stereocenters. The van der Waals surface area contributed by atoms with Crippen LogP contribution < -0.4 is 0 Å². The second kappa shape index (κ2) is 9.39. The summed E-state index contributed by atoms with van der Waals surface area (Å²) in [6, 6.07) is 19.4. The first-order chi connectivity index (χ1) is 13.9. The van der Waals surface area contributed by atoms with E-state index in [0.717, 1.165) is 14.3 Å². The number of amides is 1. The van der Waals surface area contributed by atoms with Gasteiger partial charge in [-0.15, -0.1) is 0 Å². The molecular formula is C21H21BrN2O4S. The Morgan fingerprint density at radius 2 is 1.66 bits per heavy atom. The number of rotatable bonds is 8. The number of nitrogens with zero attached hydrogens (tertiary/aromatic N) is 2. The van der Waals surface area contributed by atoms with Crippen molar-refractivity contribution in [3.63, 3.8) is 0 Å². The summed E-state index contributed by atoms with van der Waals surface area (Å²) in [5, 5.41) is 0. The van der Waals surface area contributed by atoms with Crippen molar-refractivity contribution in [1.29, 1.82) is 0 Å². The minimum absolute atomic E-state index is 0.136. The van der Waals surface area contributed by atoms with Crippen LogP contribution in [0.1, 0.15) is 11.3 Å². The van der Waals surface area contributed by atoms with E-state index in [2.05, 4.69) is 15.9 Å². The molecule has 0 saturated heterocycles. The number of halogens is 1. The fourth-order valence-corrected chi connectivity index (χ4v) is 4.17. The third-order valence-electron chi connectivity index (χ3n) is 4.38. The number of carbonyl (C=O) groups is 1. The Balaban J connectivity index is 1.76. The zero-order valence-electron chi connectivity index (χ0n) is 15.9. The molecule has 8 heteroatoms. The maximum atomic E-state index is 13.0. The molecular weight excluding hydrogens is 456 g/mol. The Hall–Kier alpha value is -2.42. The van der Waals surface area contributed by atoms with Gasteiger partial charge in [0, 0.05) is 18.1 Å². The lowest BCUT2D eigenvalue weighted by Crippen LogP contribution is -2.40. The van der Waals surface area contributed by atoms with Crippen LogP contribution in [0.3, 0.4) is 0 Å². The van der Waals surface area contributed by atoms with Gasteiger partial charge in [-0.1, -0.05) is 46.3 Å². The Kier molecular flexibility index (Phi) is 6.89. The molecule has 152 valence electrons. The molecule has 0 aliphatic carbocycles. The SMILES string of the molecule is CN(CC(=O)N(Cc1ccccc1)Cc1ccco1)S(=O)(=O)c1ccc(Br)cc1. The van der Waals surface area contributed by atoms with E-state index in [9.17, 15) is 13.2 Å². The van der Waals surface area contributed by atoms with Crippen molar-refractivity contribution in [2.75, 3.05) is 13.6 Å². The smallest absolute Gasteiger partial charge is 0.243 e. The van der Waals surface area contributed by atoms with Crippen molar-refractivity contribution in [2.24, 2.45) is 0 Å². The molecule has 0 aliphatic heterocycles. The summed E-state index contributed by atoms with van der Waals surface area (Å²) in [6.45, 7) is 0.339. The highest BCUT2D eigenvalue weighted by Gasteiger charge is 2.25. The van der Waals surface area contributed by atoms with Crippen molar-refractivity contribution in [3.05, 3.63) is 88.8 Å². The minimum Gasteiger partial charge on any atom is -0.467 e. The fourth-order valence-electron chi connectivity index (χ4n) is 2.79. The molecule has 0 aliphatic rings. The van der Waals surface area contributed by atoms with Crippen LogP contribution in [-0.2, 0) is 27.9 Å².